The first kappa shape index (κ1) is 43.4. The minimum absolute atomic E-state index is 0.198. The molecule has 326 valence electrons. The lowest BCUT2D eigenvalue weighted by Crippen LogP contribution is -2.60. The van der Waals surface area contributed by atoms with Crippen molar-refractivity contribution in [3.8, 4) is 0 Å². The number of hydrogen-bond acceptors (Lipinski definition) is 23. The smallest absolute Gasteiger partial charge is 0.367 e. The lowest BCUT2D eigenvalue weighted by molar-refractivity contribution is -0.340. The molecule has 0 aromatic heterocycles. The molecule has 0 amide bonds. The molecular formula is C36H44O22S. The Morgan fingerprint density at radius 3 is 1.90 bits per heavy atom. The van der Waals surface area contributed by atoms with Crippen molar-refractivity contribution in [2.24, 2.45) is 23.7 Å². The van der Waals surface area contributed by atoms with Crippen LogP contribution < -0.4 is 0 Å². The zero-order chi connectivity index (χ0) is 42.4. The summed E-state index contributed by atoms with van der Waals surface area (Å²) >= 11 is 0.844. The lowest BCUT2D eigenvalue weighted by Gasteiger charge is -2.43. The van der Waals surface area contributed by atoms with Gasteiger partial charge in [-0.15, -0.1) is 0 Å². The van der Waals surface area contributed by atoms with Gasteiger partial charge in [-0.1, -0.05) is 6.08 Å². The van der Waals surface area contributed by atoms with Crippen molar-refractivity contribution in [3.05, 3.63) is 47.0 Å². The van der Waals surface area contributed by atoms with Crippen molar-refractivity contribution in [2.75, 3.05) is 32.7 Å². The maximum Gasteiger partial charge on any atom is 0.367 e. The van der Waals surface area contributed by atoms with Gasteiger partial charge in [-0.2, -0.15) is 0 Å². The van der Waals surface area contributed by atoms with Crippen LogP contribution in [0.5, 0.6) is 0 Å². The first-order valence-electron chi connectivity index (χ1n) is 18.5. The molecule has 7 rings (SSSR count). The monoisotopic (exact) mass is 860 g/mol. The van der Waals surface area contributed by atoms with Crippen LogP contribution in [-0.2, 0) is 61.8 Å². The van der Waals surface area contributed by atoms with Gasteiger partial charge in [-0.05, 0) is 35.2 Å². The number of esters is 3. The van der Waals surface area contributed by atoms with E-state index in [-0.39, 0.29) is 29.9 Å². The number of rotatable bonds is 12. The van der Waals surface area contributed by atoms with Crippen molar-refractivity contribution >= 4 is 35.0 Å². The van der Waals surface area contributed by atoms with E-state index in [0.717, 1.165) is 31.2 Å². The summed E-state index contributed by atoms with van der Waals surface area (Å²) in [6.07, 6.45) is -15.6. The summed E-state index contributed by atoms with van der Waals surface area (Å²) in [6, 6.07) is 0. The molecule has 7 aliphatic rings. The highest BCUT2D eigenvalue weighted by atomic mass is 32.2. The fourth-order valence-corrected chi connectivity index (χ4v) is 8.39. The van der Waals surface area contributed by atoms with Crippen molar-refractivity contribution in [3.63, 3.8) is 0 Å². The fraction of sp³-hybridized carbons (Fsp3) is 0.667. The molecule has 3 fully saturated rings. The SMILES string of the molecule is CSC(=O)OCC1=CC2OC(=O)C3=COC(OC4OC(COC(=O)C5=COC(OC6OC(CO)C(O)C(O)C6O)C6C(COC(C)=O)=CC(O)C56)C(O)C(O)C4O)C1C32. The average Bonchev–Trinajstić information content (AvgIpc) is 3.86. The number of carbonyl (C=O) groups is 4. The number of ether oxygens (including phenoxy) is 10. The zero-order valence-corrected chi connectivity index (χ0v) is 32.0. The van der Waals surface area contributed by atoms with Crippen LogP contribution in [0.2, 0.25) is 0 Å². The highest BCUT2D eigenvalue weighted by molar-refractivity contribution is 8.12. The van der Waals surface area contributed by atoms with E-state index in [1.807, 2.05) is 0 Å². The Kier molecular flexibility index (Phi) is 13.0. The number of carbonyl (C=O) groups excluding carboxylic acids is 4. The van der Waals surface area contributed by atoms with Gasteiger partial charge in [-0.3, -0.25) is 4.79 Å². The van der Waals surface area contributed by atoms with E-state index in [1.54, 1.807) is 6.08 Å². The number of thioether (sulfide) groups is 1. The van der Waals surface area contributed by atoms with Crippen LogP contribution in [0.25, 0.3) is 0 Å². The second-order valence-electron chi connectivity index (χ2n) is 14.7. The number of aliphatic hydroxyl groups is 8. The Labute approximate surface area is 338 Å². The Bertz CT molecular complexity index is 1760. The van der Waals surface area contributed by atoms with Gasteiger partial charge in [0.2, 0.25) is 12.6 Å². The molecule has 18 atom stereocenters. The van der Waals surface area contributed by atoms with Gasteiger partial charge < -0.3 is 88.2 Å². The van der Waals surface area contributed by atoms with E-state index in [2.05, 4.69) is 0 Å². The van der Waals surface area contributed by atoms with E-state index >= 15 is 0 Å². The largest absolute Gasteiger partial charge is 0.471 e. The summed E-state index contributed by atoms with van der Waals surface area (Å²) < 4.78 is 55.8. The highest BCUT2D eigenvalue weighted by Gasteiger charge is 2.57. The molecular weight excluding hydrogens is 816 g/mol. The van der Waals surface area contributed by atoms with Crippen LogP contribution in [0.3, 0.4) is 0 Å². The number of hydrogen-bond donors (Lipinski definition) is 8. The molecule has 18 unspecified atom stereocenters. The normalized spacial score (nSPS) is 42.1. The van der Waals surface area contributed by atoms with Gasteiger partial charge in [0.05, 0.1) is 48.2 Å². The van der Waals surface area contributed by atoms with Crippen LogP contribution >= 0.6 is 11.8 Å². The minimum Gasteiger partial charge on any atom is -0.471 e. The molecule has 2 aliphatic carbocycles. The Balaban J connectivity index is 1.04. The van der Waals surface area contributed by atoms with Gasteiger partial charge in [0.25, 0.3) is 0 Å². The lowest BCUT2D eigenvalue weighted by atomic mass is 9.82. The van der Waals surface area contributed by atoms with E-state index in [4.69, 9.17) is 47.4 Å². The first-order chi connectivity index (χ1) is 28.1. The second-order valence-corrected chi connectivity index (χ2v) is 15.4. The summed E-state index contributed by atoms with van der Waals surface area (Å²) in [6.45, 7) is -0.945. The summed E-state index contributed by atoms with van der Waals surface area (Å²) in [5.74, 6) is -6.07. The molecule has 0 saturated carbocycles. The third-order valence-electron chi connectivity index (χ3n) is 11.2. The van der Waals surface area contributed by atoms with Crippen molar-refractivity contribution in [1.29, 1.82) is 0 Å². The van der Waals surface area contributed by atoms with Crippen molar-refractivity contribution in [1.82, 2.24) is 0 Å². The van der Waals surface area contributed by atoms with Crippen LogP contribution in [0.1, 0.15) is 6.92 Å². The van der Waals surface area contributed by atoms with Crippen LogP contribution in [0.15, 0.2) is 47.0 Å². The fourth-order valence-electron chi connectivity index (χ4n) is 8.21. The van der Waals surface area contributed by atoms with E-state index in [1.165, 1.54) is 12.3 Å². The van der Waals surface area contributed by atoms with Gasteiger partial charge in [-0.25, -0.2) is 14.4 Å². The quantitative estimate of drug-likeness (QED) is 0.0533. The number of fused-ring (bicyclic) bond motifs is 1. The van der Waals surface area contributed by atoms with Crippen molar-refractivity contribution < 1.29 is 107 Å². The highest BCUT2D eigenvalue weighted by Crippen LogP contribution is 2.50. The van der Waals surface area contributed by atoms with E-state index < -0.39 is 146 Å². The third kappa shape index (κ3) is 8.36. The zero-order valence-electron chi connectivity index (χ0n) is 31.2. The van der Waals surface area contributed by atoms with Crippen LogP contribution in [0.4, 0.5) is 4.79 Å². The topological polar surface area (TPSA) is 322 Å². The molecule has 23 heteroatoms. The maximum atomic E-state index is 13.7. The molecule has 0 radical (unpaired) electrons. The molecule has 22 nitrogen and oxygen atoms in total. The molecule has 8 N–H and O–H groups in total. The Hall–Kier alpha value is -3.69. The van der Waals surface area contributed by atoms with E-state index in [9.17, 15) is 60.0 Å². The molecule has 0 aromatic carbocycles. The maximum absolute atomic E-state index is 13.7. The average molecular weight is 861 g/mol. The molecule has 59 heavy (non-hydrogen) atoms. The third-order valence-corrected chi connectivity index (χ3v) is 11.6. The van der Waals surface area contributed by atoms with Crippen molar-refractivity contribution in [2.45, 2.75) is 93.1 Å². The Morgan fingerprint density at radius 2 is 1.27 bits per heavy atom. The summed E-state index contributed by atoms with van der Waals surface area (Å²) in [4.78, 5) is 49.7. The van der Waals surface area contributed by atoms with Gasteiger partial charge in [0.1, 0.15) is 74.8 Å². The van der Waals surface area contributed by atoms with Gasteiger partial charge >= 0.3 is 23.2 Å². The van der Waals surface area contributed by atoms with Crippen LogP contribution in [0, 0.1) is 23.7 Å². The molecule has 3 saturated heterocycles. The predicted octanol–water partition coefficient (Wildman–Crippen LogP) is -3.66. The number of aliphatic hydroxyl groups excluding tert-OH is 8. The first-order valence-corrected chi connectivity index (χ1v) is 19.7. The van der Waals surface area contributed by atoms with Gasteiger partial charge in [0.15, 0.2) is 12.6 Å². The molecule has 5 aliphatic heterocycles. The van der Waals surface area contributed by atoms with Gasteiger partial charge in [0, 0.05) is 18.8 Å². The minimum atomic E-state index is -1.90. The molecule has 0 spiro atoms. The van der Waals surface area contributed by atoms with E-state index in [0.29, 0.717) is 5.57 Å². The molecule has 0 aromatic rings. The standard InChI is InChI=1S/C36H44O22S/c1-11(38)49-6-12-3-16(39)22-14(8-51-32(20(12)22)57-34-28(44)26(42)24(40)18(5-37)55-34)30(46)50-10-19-25(41)27(43)29(45)35(56-19)58-33-21-13(7-53-36(48)59-2)4-17-23(21)15(9-52-33)31(47)54-17/h3-4,8-9,16-29,32-35,37,39-45H,5-7,10H2,1-2H3. The molecule has 0 bridgehead atoms. The summed E-state index contributed by atoms with van der Waals surface area (Å²) in [7, 11) is 0. The predicted molar refractivity (Wildman–Crippen MR) is 187 cm³/mol. The Morgan fingerprint density at radius 1 is 0.695 bits per heavy atom. The summed E-state index contributed by atoms with van der Waals surface area (Å²) in [5.41, 5.74) is 0.656. The summed E-state index contributed by atoms with van der Waals surface area (Å²) in [5, 5.41) is 83.8. The van der Waals surface area contributed by atoms with Crippen LogP contribution in [-0.4, -0.2) is 183 Å². The second kappa shape index (κ2) is 17.7. The molecule has 5 heterocycles.